The molecule has 0 fully saturated rings. The molecule has 0 saturated heterocycles. The fraction of sp³-hybridized carbons (Fsp3) is 0.333. The van der Waals surface area contributed by atoms with Crippen molar-refractivity contribution in [2.75, 3.05) is 11.3 Å². The number of hydrogen-bond acceptors (Lipinski definition) is 3. The summed E-state index contributed by atoms with van der Waals surface area (Å²) < 4.78 is 33.7. The lowest BCUT2D eigenvalue weighted by Crippen LogP contribution is -2.17. The Bertz CT molecular complexity index is 783. The van der Waals surface area contributed by atoms with Gasteiger partial charge in [0.05, 0.1) is 11.5 Å². The van der Waals surface area contributed by atoms with Crippen LogP contribution in [0.2, 0.25) is 0 Å². The molecule has 0 radical (unpaired) electrons. The highest BCUT2D eigenvalue weighted by atomic mass is 32.2. The molecule has 23 heavy (non-hydrogen) atoms. The van der Waals surface area contributed by atoms with Gasteiger partial charge >= 0.3 is 0 Å². The lowest BCUT2D eigenvalue weighted by atomic mass is 10.0. The Morgan fingerprint density at radius 3 is 1.96 bits per heavy atom. The van der Waals surface area contributed by atoms with Gasteiger partial charge in [-0.2, -0.15) is 0 Å². The van der Waals surface area contributed by atoms with Crippen molar-refractivity contribution >= 4 is 15.7 Å². The van der Waals surface area contributed by atoms with Crippen LogP contribution in [0, 0.1) is 27.7 Å². The fourth-order valence-corrected chi connectivity index (χ4v) is 4.25. The molecule has 2 aromatic rings. The summed E-state index contributed by atoms with van der Waals surface area (Å²) in [4.78, 5) is 0.365. The molecule has 0 aliphatic heterocycles. The van der Waals surface area contributed by atoms with Gasteiger partial charge in [0, 0.05) is 5.69 Å². The van der Waals surface area contributed by atoms with E-state index in [4.69, 9.17) is 4.74 Å². The van der Waals surface area contributed by atoms with Crippen molar-refractivity contribution in [1.29, 1.82) is 0 Å². The second kappa shape index (κ2) is 6.62. The van der Waals surface area contributed by atoms with Gasteiger partial charge in [-0.1, -0.05) is 6.07 Å². The van der Waals surface area contributed by atoms with E-state index in [-0.39, 0.29) is 0 Å². The summed E-state index contributed by atoms with van der Waals surface area (Å²) >= 11 is 0. The summed E-state index contributed by atoms with van der Waals surface area (Å²) in [7, 11) is -3.64. The molecule has 4 nitrogen and oxygen atoms in total. The Morgan fingerprint density at radius 1 is 0.957 bits per heavy atom. The van der Waals surface area contributed by atoms with Crippen molar-refractivity contribution in [2.45, 2.75) is 39.5 Å². The highest BCUT2D eigenvalue weighted by Gasteiger charge is 2.22. The molecule has 0 saturated carbocycles. The van der Waals surface area contributed by atoms with E-state index in [2.05, 4.69) is 4.72 Å². The number of sulfonamides is 1. The second-order valence-corrected chi connectivity index (χ2v) is 7.27. The van der Waals surface area contributed by atoms with Crippen LogP contribution in [0.4, 0.5) is 5.69 Å². The predicted molar refractivity (Wildman–Crippen MR) is 93.8 cm³/mol. The third-order valence-electron chi connectivity index (χ3n) is 3.98. The quantitative estimate of drug-likeness (QED) is 0.895. The number of rotatable bonds is 5. The van der Waals surface area contributed by atoms with Gasteiger partial charge in [0.1, 0.15) is 5.75 Å². The molecule has 0 aromatic heterocycles. The Balaban J connectivity index is 2.40. The lowest BCUT2D eigenvalue weighted by molar-refractivity contribution is 0.340. The molecule has 0 bridgehead atoms. The van der Waals surface area contributed by atoms with Gasteiger partial charge in [0.2, 0.25) is 0 Å². The fourth-order valence-electron chi connectivity index (χ4n) is 2.58. The molecule has 2 aromatic carbocycles. The summed E-state index contributed by atoms with van der Waals surface area (Å²) in [6.07, 6.45) is 0. The Hall–Kier alpha value is -2.01. The van der Waals surface area contributed by atoms with Gasteiger partial charge < -0.3 is 4.74 Å². The van der Waals surface area contributed by atoms with Crippen molar-refractivity contribution in [3.63, 3.8) is 0 Å². The monoisotopic (exact) mass is 333 g/mol. The molecule has 0 spiro atoms. The third-order valence-corrected chi connectivity index (χ3v) is 5.64. The van der Waals surface area contributed by atoms with Crippen LogP contribution in [0.5, 0.6) is 5.75 Å². The van der Waals surface area contributed by atoms with Gasteiger partial charge in [-0.3, -0.25) is 4.72 Å². The van der Waals surface area contributed by atoms with Gasteiger partial charge in [0.15, 0.2) is 0 Å². The standard InChI is InChI=1S/C18H23NO3S/c1-6-22-17-9-7-16(8-10-17)19-23(20,21)18-14(4)12(2)11-13(3)15(18)5/h7-11,19H,6H2,1-5H3. The molecular weight excluding hydrogens is 310 g/mol. The van der Waals surface area contributed by atoms with Gasteiger partial charge in [-0.15, -0.1) is 0 Å². The predicted octanol–water partition coefficient (Wildman–Crippen LogP) is 4.12. The summed E-state index contributed by atoms with van der Waals surface area (Å²) in [6.45, 7) is 10.0. The molecule has 0 amide bonds. The Labute approximate surface area is 138 Å². The molecule has 1 N–H and O–H groups in total. The van der Waals surface area contributed by atoms with Crippen molar-refractivity contribution in [1.82, 2.24) is 0 Å². The molecule has 2 rings (SSSR count). The molecule has 0 aliphatic carbocycles. The second-order valence-electron chi connectivity index (χ2n) is 5.65. The van der Waals surface area contributed by atoms with Crippen LogP contribution >= 0.6 is 0 Å². The maximum atomic E-state index is 12.8. The average molecular weight is 333 g/mol. The SMILES string of the molecule is CCOc1ccc(NS(=O)(=O)c2c(C)c(C)cc(C)c2C)cc1. The number of anilines is 1. The van der Waals surface area contributed by atoms with Crippen molar-refractivity contribution in [3.05, 3.63) is 52.6 Å². The van der Waals surface area contributed by atoms with Crippen LogP contribution in [0.25, 0.3) is 0 Å². The maximum Gasteiger partial charge on any atom is 0.262 e. The number of ether oxygens (including phenoxy) is 1. The van der Waals surface area contributed by atoms with Gasteiger partial charge in [0.25, 0.3) is 10.0 Å². The number of benzene rings is 2. The van der Waals surface area contributed by atoms with E-state index in [1.165, 1.54) is 0 Å². The van der Waals surface area contributed by atoms with Gasteiger partial charge in [-0.25, -0.2) is 8.42 Å². The summed E-state index contributed by atoms with van der Waals surface area (Å²) in [5.74, 6) is 0.717. The Kier molecular flexibility index (Phi) is 5.00. The number of aryl methyl sites for hydroxylation is 2. The normalized spacial score (nSPS) is 11.3. The van der Waals surface area contributed by atoms with Crippen molar-refractivity contribution in [2.24, 2.45) is 0 Å². The minimum atomic E-state index is -3.64. The van der Waals surface area contributed by atoms with Crippen LogP contribution in [0.3, 0.4) is 0 Å². The molecular formula is C18H23NO3S. The van der Waals surface area contributed by atoms with Crippen LogP contribution in [-0.2, 0) is 10.0 Å². The van der Waals surface area contributed by atoms with E-state index >= 15 is 0 Å². The highest BCUT2D eigenvalue weighted by molar-refractivity contribution is 7.92. The molecule has 0 unspecified atom stereocenters. The molecule has 0 heterocycles. The van der Waals surface area contributed by atoms with Crippen molar-refractivity contribution in [3.8, 4) is 5.75 Å². The first-order chi connectivity index (χ1) is 10.8. The summed E-state index contributed by atoms with van der Waals surface area (Å²) in [5.41, 5.74) is 4.03. The first-order valence-electron chi connectivity index (χ1n) is 7.59. The lowest BCUT2D eigenvalue weighted by Gasteiger charge is -2.17. The third kappa shape index (κ3) is 3.67. The smallest absolute Gasteiger partial charge is 0.262 e. The first-order valence-corrected chi connectivity index (χ1v) is 9.07. The van der Waals surface area contributed by atoms with E-state index < -0.39 is 10.0 Å². The van der Waals surface area contributed by atoms with Crippen LogP contribution in [0.1, 0.15) is 29.2 Å². The zero-order valence-corrected chi connectivity index (χ0v) is 15.0. The van der Waals surface area contributed by atoms with Crippen LogP contribution in [-0.4, -0.2) is 15.0 Å². The van der Waals surface area contributed by atoms with E-state index in [0.717, 1.165) is 22.3 Å². The van der Waals surface area contributed by atoms with E-state index in [0.29, 0.717) is 22.9 Å². The van der Waals surface area contributed by atoms with E-state index in [1.807, 2.05) is 40.7 Å². The van der Waals surface area contributed by atoms with E-state index in [1.54, 1.807) is 24.3 Å². The number of nitrogens with one attached hydrogen (secondary N) is 1. The molecule has 124 valence electrons. The topological polar surface area (TPSA) is 55.4 Å². The summed E-state index contributed by atoms with van der Waals surface area (Å²) in [5, 5.41) is 0. The zero-order chi connectivity index (χ0) is 17.2. The largest absolute Gasteiger partial charge is 0.494 e. The minimum absolute atomic E-state index is 0.365. The Morgan fingerprint density at radius 2 is 1.48 bits per heavy atom. The van der Waals surface area contributed by atoms with Crippen LogP contribution < -0.4 is 9.46 Å². The summed E-state index contributed by atoms with van der Waals surface area (Å²) in [6, 6.07) is 8.93. The zero-order valence-electron chi connectivity index (χ0n) is 14.2. The van der Waals surface area contributed by atoms with Crippen LogP contribution in [0.15, 0.2) is 35.2 Å². The molecule has 0 aliphatic rings. The highest BCUT2D eigenvalue weighted by Crippen LogP contribution is 2.28. The molecule has 5 heteroatoms. The maximum absolute atomic E-state index is 12.8. The molecule has 0 atom stereocenters. The van der Waals surface area contributed by atoms with Crippen molar-refractivity contribution < 1.29 is 13.2 Å². The number of hydrogen-bond donors (Lipinski definition) is 1. The minimum Gasteiger partial charge on any atom is -0.494 e. The first kappa shape index (κ1) is 17.3. The van der Waals surface area contributed by atoms with E-state index in [9.17, 15) is 8.42 Å². The van der Waals surface area contributed by atoms with Gasteiger partial charge in [-0.05, 0) is 81.1 Å². The average Bonchev–Trinajstić information content (AvgIpc) is 2.47.